The van der Waals surface area contributed by atoms with Gasteiger partial charge < -0.3 is 15.4 Å². The molecule has 2 heterocycles. The van der Waals surface area contributed by atoms with Crippen LogP contribution in [0.15, 0.2) is 0 Å². The molecule has 2 saturated heterocycles. The first-order valence-corrected chi connectivity index (χ1v) is 6.97. The van der Waals surface area contributed by atoms with Crippen LogP contribution in [0.4, 0.5) is 4.79 Å². The summed E-state index contributed by atoms with van der Waals surface area (Å²) in [5.41, 5.74) is 5.54. The highest BCUT2D eigenvalue weighted by atomic mass is 16.6. The number of carbonyl (C=O) groups is 1. The zero-order valence-corrected chi connectivity index (χ0v) is 12.4. The SMILES string of the molecule is CN1CC(N)CN1C1CCN(C(=O)OC(C)(C)C)C1. The van der Waals surface area contributed by atoms with E-state index in [0.717, 1.165) is 32.6 Å². The summed E-state index contributed by atoms with van der Waals surface area (Å²) >= 11 is 0. The third kappa shape index (κ3) is 3.58. The lowest BCUT2D eigenvalue weighted by atomic mass is 10.2. The molecule has 0 aromatic heterocycles. The lowest BCUT2D eigenvalue weighted by molar-refractivity contribution is 0.00616. The number of hydrogen-bond acceptors (Lipinski definition) is 5. The summed E-state index contributed by atoms with van der Waals surface area (Å²) in [5.74, 6) is 0. The minimum atomic E-state index is -0.429. The third-order valence-corrected chi connectivity index (χ3v) is 3.60. The monoisotopic (exact) mass is 270 g/mol. The molecule has 2 N–H and O–H groups in total. The van der Waals surface area contributed by atoms with Gasteiger partial charge in [-0.15, -0.1) is 0 Å². The molecule has 110 valence electrons. The minimum absolute atomic E-state index is 0.207. The lowest BCUT2D eigenvalue weighted by Gasteiger charge is -2.30. The van der Waals surface area contributed by atoms with Crippen molar-refractivity contribution in [3.63, 3.8) is 0 Å². The van der Waals surface area contributed by atoms with Crippen molar-refractivity contribution >= 4 is 6.09 Å². The Kier molecular flexibility index (Phi) is 4.03. The van der Waals surface area contributed by atoms with Crippen molar-refractivity contribution in [1.29, 1.82) is 0 Å². The van der Waals surface area contributed by atoms with Crippen molar-refractivity contribution in [3.05, 3.63) is 0 Å². The van der Waals surface area contributed by atoms with Crippen LogP contribution in [0.5, 0.6) is 0 Å². The Bertz CT molecular complexity index is 342. The van der Waals surface area contributed by atoms with Crippen molar-refractivity contribution in [2.75, 3.05) is 33.2 Å². The van der Waals surface area contributed by atoms with Gasteiger partial charge in [-0.1, -0.05) is 0 Å². The summed E-state index contributed by atoms with van der Waals surface area (Å²) in [5, 5.41) is 4.46. The maximum atomic E-state index is 12.0. The predicted octanol–water partition coefficient (Wildman–Crippen LogP) is 0.486. The highest BCUT2D eigenvalue weighted by molar-refractivity contribution is 5.68. The van der Waals surface area contributed by atoms with E-state index in [2.05, 4.69) is 17.1 Å². The summed E-state index contributed by atoms with van der Waals surface area (Å²) in [6.45, 7) is 8.94. The molecule has 0 spiro atoms. The van der Waals surface area contributed by atoms with Crippen LogP contribution in [-0.4, -0.2) is 71.9 Å². The quantitative estimate of drug-likeness (QED) is 0.751. The Balaban J connectivity index is 1.88. The van der Waals surface area contributed by atoms with E-state index in [1.54, 1.807) is 4.90 Å². The van der Waals surface area contributed by atoms with Gasteiger partial charge in [0, 0.05) is 45.3 Å². The van der Waals surface area contributed by atoms with Crippen molar-refractivity contribution in [2.45, 2.75) is 44.9 Å². The molecule has 0 saturated carbocycles. The van der Waals surface area contributed by atoms with Crippen molar-refractivity contribution < 1.29 is 9.53 Å². The average Bonchev–Trinajstić information content (AvgIpc) is 2.82. The molecule has 0 aromatic rings. The topological polar surface area (TPSA) is 62.0 Å². The second-order valence-corrected chi connectivity index (χ2v) is 6.59. The minimum Gasteiger partial charge on any atom is -0.444 e. The molecule has 6 nitrogen and oxygen atoms in total. The molecule has 0 bridgehead atoms. The first kappa shape index (κ1) is 14.6. The zero-order chi connectivity index (χ0) is 14.2. The van der Waals surface area contributed by atoms with Crippen molar-refractivity contribution in [2.24, 2.45) is 5.73 Å². The predicted molar refractivity (Wildman–Crippen MR) is 73.5 cm³/mol. The summed E-state index contributed by atoms with van der Waals surface area (Å²) < 4.78 is 5.41. The number of carbonyl (C=O) groups excluding carboxylic acids is 1. The maximum Gasteiger partial charge on any atom is 0.410 e. The number of hydrazine groups is 1. The fourth-order valence-corrected chi connectivity index (χ4v) is 2.79. The fourth-order valence-electron chi connectivity index (χ4n) is 2.79. The van der Waals surface area contributed by atoms with Crippen LogP contribution in [0.2, 0.25) is 0 Å². The Morgan fingerprint density at radius 2 is 1.95 bits per heavy atom. The number of nitrogens with two attached hydrogens (primary N) is 1. The number of likely N-dealkylation sites (tertiary alicyclic amines) is 1. The van der Waals surface area contributed by atoms with E-state index in [1.807, 2.05) is 20.8 Å². The zero-order valence-electron chi connectivity index (χ0n) is 12.4. The molecule has 0 aliphatic carbocycles. The van der Waals surface area contributed by atoms with Gasteiger partial charge in [0.1, 0.15) is 5.60 Å². The number of ether oxygens (including phenoxy) is 1. The Labute approximate surface area is 115 Å². The van der Waals surface area contributed by atoms with Gasteiger partial charge in [-0.3, -0.25) is 0 Å². The standard InChI is InChI=1S/C13H26N4O2/c1-13(2,3)19-12(18)16-6-5-11(9-16)17-8-10(14)7-15(17)4/h10-11H,5-9,14H2,1-4H3. The first-order valence-electron chi connectivity index (χ1n) is 6.97. The molecule has 2 aliphatic rings. The number of amides is 1. The number of rotatable bonds is 1. The highest BCUT2D eigenvalue weighted by Crippen LogP contribution is 2.22. The summed E-state index contributed by atoms with van der Waals surface area (Å²) in [4.78, 5) is 13.8. The van der Waals surface area contributed by atoms with Crippen LogP contribution >= 0.6 is 0 Å². The maximum absolute atomic E-state index is 12.0. The Morgan fingerprint density at radius 1 is 1.26 bits per heavy atom. The van der Waals surface area contributed by atoms with Gasteiger partial charge in [-0.25, -0.2) is 14.8 Å². The average molecular weight is 270 g/mol. The lowest BCUT2D eigenvalue weighted by Crippen LogP contribution is -2.44. The van der Waals surface area contributed by atoms with Gasteiger partial charge in [0.2, 0.25) is 0 Å². The molecule has 19 heavy (non-hydrogen) atoms. The van der Waals surface area contributed by atoms with Crippen LogP contribution in [0.1, 0.15) is 27.2 Å². The highest BCUT2D eigenvalue weighted by Gasteiger charge is 2.37. The normalized spacial score (nSPS) is 30.1. The molecule has 0 aromatic carbocycles. The second kappa shape index (κ2) is 5.26. The van der Waals surface area contributed by atoms with Crippen LogP contribution in [0.25, 0.3) is 0 Å². The molecule has 6 heteroatoms. The molecule has 2 rings (SSSR count). The summed E-state index contributed by atoms with van der Waals surface area (Å²) in [7, 11) is 2.06. The molecule has 2 fully saturated rings. The number of likely N-dealkylation sites (N-methyl/N-ethyl adjacent to an activating group) is 1. The molecular formula is C13H26N4O2. The molecule has 2 atom stereocenters. The van der Waals surface area contributed by atoms with Gasteiger partial charge in [0.25, 0.3) is 0 Å². The van der Waals surface area contributed by atoms with E-state index in [0.29, 0.717) is 6.04 Å². The number of hydrogen-bond donors (Lipinski definition) is 1. The molecule has 2 unspecified atom stereocenters. The van der Waals surface area contributed by atoms with E-state index in [9.17, 15) is 4.79 Å². The molecule has 2 aliphatic heterocycles. The van der Waals surface area contributed by atoms with Gasteiger partial charge >= 0.3 is 6.09 Å². The van der Waals surface area contributed by atoms with Crippen LogP contribution in [0, 0.1) is 0 Å². The van der Waals surface area contributed by atoms with Crippen LogP contribution in [0.3, 0.4) is 0 Å². The van der Waals surface area contributed by atoms with Gasteiger partial charge in [-0.05, 0) is 27.2 Å². The van der Waals surface area contributed by atoms with E-state index in [1.165, 1.54) is 0 Å². The Hall–Kier alpha value is -0.850. The summed E-state index contributed by atoms with van der Waals surface area (Å²) in [6.07, 6.45) is 0.775. The number of nitrogens with zero attached hydrogens (tertiary/aromatic N) is 3. The van der Waals surface area contributed by atoms with E-state index in [-0.39, 0.29) is 12.1 Å². The van der Waals surface area contributed by atoms with Gasteiger partial charge in [0.15, 0.2) is 0 Å². The van der Waals surface area contributed by atoms with Crippen LogP contribution in [-0.2, 0) is 4.74 Å². The van der Waals surface area contributed by atoms with E-state index >= 15 is 0 Å². The van der Waals surface area contributed by atoms with Crippen molar-refractivity contribution in [3.8, 4) is 0 Å². The van der Waals surface area contributed by atoms with Crippen LogP contribution < -0.4 is 5.73 Å². The Morgan fingerprint density at radius 3 is 2.47 bits per heavy atom. The van der Waals surface area contributed by atoms with Crippen molar-refractivity contribution in [1.82, 2.24) is 14.9 Å². The summed E-state index contributed by atoms with van der Waals surface area (Å²) in [6, 6.07) is 0.576. The fraction of sp³-hybridized carbons (Fsp3) is 0.923. The smallest absolute Gasteiger partial charge is 0.410 e. The molecule has 1 amide bonds. The van der Waals surface area contributed by atoms with E-state index < -0.39 is 5.60 Å². The largest absolute Gasteiger partial charge is 0.444 e. The van der Waals surface area contributed by atoms with Gasteiger partial charge in [-0.2, -0.15) is 0 Å². The van der Waals surface area contributed by atoms with Gasteiger partial charge in [0.05, 0.1) is 0 Å². The molecular weight excluding hydrogens is 244 g/mol. The second-order valence-electron chi connectivity index (χ2n) is 6.59. The first-order chi connectivity index (χ1) is 8.76. The molecule has 0 radical (unpaired) electrons. The third-order valence-electron chi connectivity index (χ3n) is 3.60. The van der Waals surface area contributed by atoms with E-state index in [4.69, 9.17) is 10.5 Å².